The fraction of sp³-hybridized carbons (Fsp3) is 0.300. The van der Waals surface area contributed by atoms with Crippen LogP contribution < -0.4 is 14.8 Å². The summed E-state index contributed by atoms with van der Waals surface area (Å²) in [7, 11) is 1.50. The minimum Gasteiger partial charge on any atom is -0.493 e. The second kappa shape index (κ2) is 8.38. The predicted molar refractivity (Wildman–Crippen MR) is 97.9 cm³/mol. The molecule has 2 rings (SSSR count). The number of benzene rings is 2. The van der Waals surface area contributed by atoms with Crippen molar-refractivity contribution < 1.29 is 24.2 Å². The zero-order valence-electron chi connectivity index (χ0n) is 15.1. The van der Waals surface area contributed by atoms with Crippen LogP contribution in [-0.2, 0) is 10.2 Å². The molecule has 2 N–H and O–H groups in total. The smallest absolute Gasteiger partial charge is 0.315 e. The van der Waals surface area contributed by atoms with Crippen LogP contribution in [0.5, 0.6) is 11.5 Å². The quantitative estimate of drug-likeness (QED) is 0.759. The number of aliphatic carboxylic acids is 1. The summed E-state index contributed by atoms with van der Waals surface area (Å²) in [5.74, 6) is -0.391. The van der Waals surface area contributed by atoms with Crippen LogP contribution in [0.4, 0.5) is 0 Å². The molecule has 1 amide bonds. The Balaban J connectivity index is 2.17. The van der Waals surface area contributed by atoms with E-state index in [1.165, 1.54) is 7.11 Å². The molecule has 1 atom stereocenters. The third-order valence-corrected chi connectivity index (χ3v) is 4.21. The van der Waals surface area contributed by atoms with E-state index in [1.807, 2.05) is 13.0 Å². The van der Waals surface area contributed by atoms with E-state index in [0.717, 1.165) is 0 Å². The molecule has 0 fully saturated rings. The van der Waals surface area contributed by atoms with Gasteiger partial charge in [-0.05, 0) is 37.6 Å². The van der Waals surface area contributed by atoms with E-state index < -0.39 is 11.4 Å². The van der Waals surface area contributed by atoms with Crippen molar-refractivity contribution in [2.75, 3.05) is 20.3 Å². The number of amides is 1. The molecule has 6 heteroatoms. The first-order valence-electron chi connectivity index (χ1n) is 8.30. The van der Waals surface area contributed by atoms with Crippen LogP contribution in [0.25, 0.3) is 0 Å². The van der Waals surface area contributed by atoms with Gasteiger partial charge in [-0.2, -0.15) is 0 Å². The minimum absolute atomic E-state index is 0.0410. The van der Waals surface area contributed by atoms with Gasteiger partial charge in [0.2, 0.25) is 0 Å². The molecular weight excluding hydrogens is 334 g/mol. The van der Waals surface area contributed by atoms with E-state index in [0.29, 0.717) is 29.2 Å². The molecule has 0 saturated carbocycles. The lowest BCUT2D eigenvalue weighted by atomic mass is 9.82. The third kappa shape index (κ3) is 4.14. The van der Waals surface area contributed by atoms with E-state index in [-0.39, 0.29) is 12.5 Å². The van der Waals surface area contributed by atoms with Crippen LogP contribution in [-0.4, -0.2) is 37.2 Å². The Morgan fingerprint density at radius 1 is 1.12 bits per heavy atom. The maximum atomic E-state index is 12.5. The van der Waals surface area contributed by atoms with E-state index in [9.17, 15) is 14.7 Å². The second-order valence-corrected chi connectivity index (χ2v) is 5.98. The number of ether oxygens (including phenoxy) is 2. The number of carbonyl (C=O) groups excluding carboxylic acids is 1. The molecule has 6 nitrogen and oxygen atoms in total. The lowest BCUT2D eigenvalue weighted by molar-refractivity contribution is -0.142. The Bertz CT molecular complexity index is 775. The number of carboxylic acid groups (broad SMARTS) is 1. The topological polar surface area (TPSA) is 84.9 Å². The third-order valence-electron chi connectivity index (χ3n) is 4.21. The van der Waals surface area contributed by atoms with Crippen molar-refractivity contribution in [1.82, 2.24) is 5.32 Å². The lowest BCUT2D eigenvalue weighted by Gasteiger charge is -2.25. The molecule has 0 bridgehead atoms. The summed E-state index contributed by atoms with van der Waals surface area (Å²) in [4.78, 5) is 24.3. The first-order valence-corrected chi connectivity index (χ1v) is 8.30. The summed E-state index contributed by atoms with van der Waals surface area (Å²) in [6.07, 6.45) is 0. The average molecular weight is 357 g/mol. The zero-order chi connectivity index (χ0) is 19.2. The maximum Gasteiger partial charge on any atom is 0.315 e. The van der Waals surface area contributed by atoms with Gasteiger partial charge in [-0.3, -0.25) is 9.59 Å². The van der Waals surface area contributed by atoms with Gasteiger partial charge in [0, 0.05) is 12.1 Å². The van der Waals surface area contributed by atoms with Gasteiger partial charge in [0.1, 0.15) is 5.41 Å². The molecular formula is C20H23NO5. The van der Waals surface area contributed by atoms with Crippen LogP contribution in [0.1, 0.15) is 29.8 Å². The van der Waals surface area contributed by atoms with Crippen LogP contribution in [0.2, 0.25) is 0 Å². The van der Waals surface area contributed by atoms with E-state index in [1.54, 1.807) is 49.4 Å². The minimum atomic E-state index is -1.23. The molecule has 26 heavy (non-hydrogen) atoms. The number of carbonyl (C=O) groups is 2. The van der Waals surface area contributed by atoms with Gasteiger partial charge in [0.05, 0.1) is 13.7 Å². The van der Waals surface area contributed by atoms with Crippen LogP contribution >= 0.6 is 0 Å². The van der Waals surface area contributed by atoms with Crippen molar-refractivity contribution in [3.05, 3.63) is 59.7 Å². The lowest BCUT2D eigenvalue weighted by Crippen LogP contribution is -2.44. The van der Waals surface area contributed by atoms with Gasteiger partial charge < -0.3 is 19.9 Å². The van der Waals surface area contributed by atoms with Crippen LogP contribution in [0.15, 0.2) is 48.5 Å². The molecule has 0 heterocycles. The van der Waals surface area contributed by atoms with Gasteiger partial charge in [0.15, 0.2) is 11.5 Å². The van der Waals surface area contributed by atoms with Crippen molar-refractivity contribution in [3.63, 3.8) is 0 Å². The highest BCUT2D eigenvalue weighted by Crippen LogP contribution is 2.28. The summed E-state index contributed by atoms with van der Waals surface area (Å²) in [5, 5.41) is 12.4. The number of nitrogens with one attached hydrogen (secondary N) is 1. The maximum absolute atomic E-state index is 12.5. The highest BCUT2D eigenvalue weighted by atomic mass is 16.5. The van der Waals surface area contributed by atoms with Gasteiger partial charge in [-0.1, -0.05) is 30.3 Å². The molecule has 138 valence electrons. The standard InChI is InChI=1S/C20H23NO5/c1-4-26-16-11-10-14(12-17(16)25-3)18(22)21-13-20(2,19(23)24)15-8-6-5-7-9-15/h5-12H,4,13H2,1-3H3,(H,21,22)(H,23,24). The first kappa shape index (κ1) is 19.3. The number of hydrogen-bond acceptors (Lipinski definition) is 4. The normalized spacial score (nSPS) is 12.7. The monoisotopic (exact) mass is 357 g/mol. The number of hydrogen-bond donors (Lipinski definition) is 2. The molecule has 2 aromatic carbocycles. The Labute approximate surface area is 152 Å². The van der Waals surface area contributed by atoms with Crippen molar-refractivity contribution >= 4 is 11.9 Å². The summed E-state index contributed by atoms with van der Waals surface area (Å²) in [5.41, 5.74) is -0.241. The van der Waals surface area contributed by atoms with Gasteiger partial charge in [-0.25, -0.2) is 0 Å². The highest BCUT2D eigenvalue weighted by molar-refractivity contribution is 5.95. The van der Waals surface area contributed by atoms with E-state index in [2.05, 4.69) is 5.32 Å². The predicted octanol–water partition coefficient (Wildman–Crippen LogP) is 2.87. The summed E-state index contributed by atoms with van der Waals surface area (Å²) in [6.45, 7) is 3.89. The number of carboxylic acids is 1. The van der Waals surface area contributed by atoms with Crippen molar-refractivity contribution in [3.8, 4) is 11.5 Å². The van der Waals surface area contributed by atoms with Crippen molar-refractivity contribution in [2.45, 2.75) is 19.3 Å². The summed E-state index contributed by atoms with van der Waals surface area (Å²) < 4.78 is 10.7. The Morgan fingerprint density at radius 2 is 1.81 bits per heavy atom. The molecule has 0 spiro atoms. The zero-order valence-corrected chi connectivity index (χ0v) is 15.1. The Kier molecular flexibility index (Phi) is 6.22. The molecule has 1 unspecified atom stereocenters. The van der Waals surface area contributed by atoms with Crippen LogP contribution in [0.3, 0.4) is 0 Å². The summed E-state index contributed by atoms with van der Waals surface area (Å²) >= 11 is 0. The van der Waals surface area contributed by atoms with E-state index >= 15 is 0 Å². The second-order valence-electron chi connectivity index (χ2n) is 5.98. The molecule has 2 aromatic rings. The molecule has 0 saturated heterocycles. The largest absolute Gasteiger partial charge is 0.493 e. The number of methoxy groups -OCH3 is 1. The number of rotatable bonds is 8. The fourth-order valence-corrected chi connectivity index (χ4v) is 2.55. The SMILES string of the molecule is CCOc1ccc(C(=O)NCC(C)(C(=O)O)c2ccccc2)cc1OC. The molecule has 0 aliphatic heterocycles. The average Bonchev–Trinajstić information content (AvgIpc) is 2.66. The highest BCUT2D eigenvalue weighted by Gasteiger charge is 2.35. The molecule has 0 radical (unpaired) electrons. The Hall–Kier alpha value is -3.02. The van der Waals surface area contributed by atoms with Crippen molar-refractivity contribution in [2.24, 2.45) is 0 Å². The van der Waals surface area contributed by atoms with Crippen LogP contribution in [0, 0.1) is 0 Å². The fourth-order valence-electron chi connectivity index (χ4n) is 2.55. The van der Waals surface area contributed by atoms with Gasteiger partial charge >= 0.3 is 5.97 Å². The molecule has 0 aliphatic carbocycles. The molecule has 0 aliphatic rings. The van der Waals surface area contributed by atoms with E-state index in [4.69, 9.17) is 9.47 Å². The van der Waals surface area contributed by atoms with Crippen molar-refractivity contribution in [1.29, 1.82) is 0 Å². The molecule has 0 aromatic heterocycles. The Morgan fingerprint density at radius 3 is 2.38 bits per heavy atom. The van der Waals surface area contributed by atoms with Gasteiger partial charge in [0.25, 0.3) is 5.91 Å². The van der Waals surface area contributed by atoms with Gasteiger partial charge in [-0.15, -0.1) is 0 Å². The summed E-state index contributed by atoms with van der Waals surface area (Å²) in [6, 6.07) is 13.7. The first-order chi connectivity index (χ1) is 12.4.